The summed E-state index contributed by atoms with van der Waals surface area (Å²) in [5, 5.41) is 0. The third kappa shape index (κ3) is 2.77. The Balaban J connectivity index is 2.27. The number of H-pyrrole nitrogens is 2. The Bertz CT molecular complexity index is 655. The predicted octanol–water partition coefficient (Wildman–Crippen LogP) is 1.72. The van der Waals surface area contributed by atoms with Crippen LogP contribution in [0.25, 0.3) is 0 Å². The van der Waals surface area contributed by atoms with Crippen molar-refractivity contribution in [2.75, 3.05) is 0 Å². The van der Waals surface area contributed by atoms with Gasteiger partial charge in [-0.1, -0.05) is 13.0 Å². The molecule has 0 aliphatic heterocycles. The Morgan fingerprint density at radius 1 is 1.28 bits per heavy atom. The minimum Gasteiger partial charge on any atom is -0.329 e. The molecular weight excluding hydrogens is 228 g/mol. The first-order valence-corrected chi connectivity index (χ1v) is 5.93. The largest absolute Gasteiger partial charge is 0.329 e. The summed E-state index contributed by atoms with van der Waals surface area (Å²) < 4.78 is 0. The van der Waals surface area contributed by atoms with Gasteiger partial charge in [0.05, 0.1) is 0 Å². The van der Waals surface area contributed by atoms with Crippen molar-refractivity contribution in [1.82, 2.24) is 9.97 Å². The van der Waals surface area contributed by atoms with Crippen molar-refractivity contribution in [3.63, 3.8) is 0 Å². The van der Waals surface area contributed by atoms with Gasteiger partial charge in [0.15, 0.2) is 0 Å². The Kier molecular flexibility index (Phi) is 3.46. The van der Waals surface area contributed by atoms with Crippen LogP contribution in [0.2, 0.25) is 0 Å². The highest BCUT2D eigenvalue weighted by Crippen LogP contribution is 2.15. The van der Waals surface area contributed by atoms with E-state index in [1.807, 2.05) is 32.0 Å². The maximum Gasteiger partial charge on any atom is 0.251 e. The molecule has 0 aliphatic rings. The minimum atomic E-state index is -0.0980. The van der Waals surface area contributed by atoms with Crippen LogP contribution in [0.15, 0.2) is 40.1 Å². The molecule has 2 rings (SSSR count). The fourth-order valence-electron chi connectivity index (χ4n) is 2.13. The number of aromatic nitrogens is 2. The van der Waals surface area contributed by atoms with Gasteiger partial charge in [-0.25, -0.2) is 0 Å². The summed E-state index contributed by atoms with van der Waals surface area (Å²) in [5.41, 5.74) is 2.36. The molecule has 0 radical (unpaired) electrons. The highest BCUT2D eigenvalue weighted by Gasteiger charge is 2.10. The van der Waals surface area contributed by atoms with Crippen LogP contribution in [0.1, 0.15) is 29.7 Å². The first kappa shape index (κ1) is 12.4. The molecule has 4 heteroatoms. The van der Waals surface area contributed by atoms with E-state index in [0.717, 1.165) is 16.8 Å². The van der Waals surface area contributed by atoms with Crippen molar-refractivity contribution in [3.05, 3.63) is 68.0 Å². The van der Waals surface area contributed by atoms with Crippen molar-refractivity contribution in [3.8, 4) is 0 Å². The molecule has 2 aromatic rings. The molecule has 2 N–H and O–H groups in total. The zero-order valence-corrected chi connectivity index (χ0v) is 10.5. The van der Waals surface area contributed by atoms with Crippen LogP contribution in [-0.2, 0) is 6.42 Å². The van der Waals surface area contributed by atoms with E-state index in [4.69, 9.17) is 0 Å². The number of rotatable bonds is 3. The second kappa shape index (κ2) is 5.04. The Labute approximate surface area is 105 Å². The van der Waals surface area contributed by atoms with Gasteiger partial charge < -0.3 is 9.97 Å². The SMILES string of the molecule is Cc1cc(CC(C)c2ccc[nH]c2=O)[nH]c(=O)c1. The van der Waals surface area contributed by atoms with Gasteiger partial charge in [-0.3, -0.25) is 9.59 Å². The van der Waals surface area contributed by atoms with E-state index < -0.39 is 0 Å². The van der Waals surface area contributed by atoms with Crippen molar-refractivity contribution in [2.45, 2.75) is 26.2 Å². The number of aryl methyl sites for hydroxylation is 1. The highest BCUT2D eigenvalue weighted by atomic mass is 16.1. The summed E-state index contributed by atoms with van der Waals surface area (Å²) >= 11 is 0. The molecule has 94 valence electrons. The molecule has 1 atom stereocenters. The van der Waals surface area contributed by atoms with Gasteiger partial charge >= 0.3 is 0 Å². The van der Waals surface area contributed by atoms with Gasteiger partial charge in [0, 0.05) is 23.5 Å². The maximum absolute atomic E-state index is 11.7. The van der Waals surface area contributed by atoms with Gasteiger partial charge in [-0.15, -0.1) is 0 Å². The van der Waals surface area contributed by atoms with E-state index in [9.17, 15) is 9.59 Å². The fourth-order valence-corrected chi connectivity index (χ4v) is 2.13. The quantitative estimate of drug-likeness (QED) is 0.863. The number of pyridine rings is 2. The standard InChI is InChI=1S/C14H16N2O2/c1-9-6-11(16-13(17)7-9)8-10(2)12-4-3-5-15-14(12)18/h3-7,10H,8H2,1-2H3,(H,15,18)(H,16,17). The summed E-state index contributed by atoms with van der Waals surface area (Å²) in [6, 6.07) is 7.13. The van der Waals surface area contributed by atoms with Crippen molar-refractivity contribution in [2.24, 2.45) is 0 Å². The molecule has 4 nitrogen and oxygen atoms in total. The molecule has 0 aromatic carbocycles. The van der Waals surface area contributed by atoms with Gasteiger partial charge in [-0.2, -0.15) is 0 Å². The predicted molar refractivity (Wildman–Crippen MR) is 71.0 cm³/mol. The smallest absolute Gasteiger partial charge is 0.251 e. The maximum atomic E-state index is 11.7. The van der Waals surface area contributed by atoms with E-state index in [1.54, 1.807) is 12.3 Å². The van der Waals surface area contributed by atoms with Crippen LogP contribution in [0, 0.1) is 6.92 Å². The van der Waals surface area contributed by atoms with Gasteiger partial charge in [0.1, 0.15) is 0 Å². The highest BCUT2D eigenvalue weighted by molar-refractivity contribution is 5.20. The number of nitrogens with one attached hydrogen (secondary N) is 2. The van der Waals surface area contributed by atoms with E-state index in [-0.39, 0.29) is 17.0 Å². The van der Waals surface area contributed by atoms with E-state index in [1.165, 1.54) is 0 Å². The lowest BCUT2D eigenvalue weighted by Crippen LogP contribution is -2.17. The third-order valence-corrected chi connectivity index (χ3v) is 2.95. The van der Waals surface area contributed by atoms with E-state index in [0.29, 0.717) is 6.42 Å². The topological polar surface area (TPSA) is 65.7 Å². The van der Waals surface area contributed by atoms with E-state index >= 15 is 0 Å². The van der Waals surface area contributed by atoms with Crippen LogP contribution in [0.3, 0.4) is 0 Å². The lowest BCUT2D eigenvalue weighted by Gasteiger charge is -2.10. The first-order valence-electron chi connectivity index (χ1n) is 5.93. The molecule has 0 aliphatic carbocycles. The lowest BCUT2D eigenvalue weighted by atomic mass is 9.97. The molecule has 0 amide bonds. The average molecular weight is 244 g/mol. The second-order valence-electron chi connectivity index (χ2n) is 4.61. The van der Waals surface area contributed by atoms with Crippen LogP contribution in [0.5, 0.6) is 0 Å². The summed E-state index contributed by atoms with van der Waals surface area (Å²) in [6.07, 6.45) is 2.26. The average Bonchev–Trinajstić information content (AvgIpc) is 2.27. The van der Waals surface area contributed by atoms with Crippen LogP contribution < -0.4 is 11.1 Å². The van der Waals surface area contributed by atoms with Gasteiger partial charge in [-0.05, 0) is 37.0 Å². The number of hydrogen-bond acceptors (Lipinski definition) is 2. The zero-order chi connectivity index (χ0) is 13.1. The van der Waals surface area contributed by atoms with Crippen LogP contribution >= 0.6 is 0 Å². The molecule has 2 aromatic heterocycles. The van der Waals surface area contributed by atoms with Crippen molar-refractivity contribution in [1.29, 1.82) is 0 Å². The Morgan fingerprint density at radius 3 is 2.72 bits per heavy atom. The van der Waals surface area contributed by atoms with Crippen molar-refractivity contribution < 1.29 is 0 Å². The van der Waals surface area contributed by atoms with Crippen LogP contribution in [-0.4, -0.2) is 9.97 Å². The number of hydrogen-bond donors (Lipinski definition) is 2. The summed E-state index contributed by atoms with van der Waals surface area (Å²) in [4.78, 5) is 28.5. The molecule has 2 heterocycles. The summed E-state index contributed by atoms with van der Waals surface area (Å²) in [7, 11) is 0. The Morgan fingerprint density at radius 2 is 2.06 bits per heavy atom. The summed E-state index contributed by atoms with van der Waals surface area (Å²) in [6.45, 7) is 3.87. The molecule has 0 bridgehead atoms. The molecule has 1 unspecified atom stereocenters. The normalized spacial score (nSPS) is 12.3. The first-order chi connectivity index (χ1) is 8.56. The van der Waals surface area contributed by atoms with Crippen molar-refractivity contribution >= 4 is 0 Å². The minimum absolute atomic E-state index is 0.0624. The van der Waals surface area contributed by atoms with Gasteiger partial charge in [0.2, 0.25) is 5.56 Å². The lowest BCUT2D eigenvalue weighted by molar-refractivity contribution is 0.726. The second-order valence-corrected chi connectivity index (χ2v) is 4.61. The number of aromatic amines is 2. The molecule has 0 saturated carbocycles. The monoisotopic (exact) mass is 244 g/mol. The molecule has 0 fully saturated rings. The van der Waals surface area contributed by atoms with Crippen LogP contribution in [0.4, 0.5) is 0 Å². The molecule has 18 heavy (non-hydrogen) atoms. The molecule has 0 spiro atoms. The van der Waals surface area contributed by atoms with Gasteiger partial charge in [0.25, 0.3) is 5.56 Å². The Hall–Kier alpha value is -2.10. The van der Waals surface area contributed by atoms with E-state index in [2.05, 4.69) is 9.97 Å². The third-order valence-electron chi connectivity index (χ3n) is 2.95. The molecule has 0 saturated heterocycles. The zero-order valence-electron chi connectivity index (χ0n) is 10.5. The fraction of sp³-hybridized carbons (Fsp3) is 0.286. The summed E-state index contributed by atoms with van der Waals surface area (Å²) in [5.74, 6) is 0.0624. The molecular formula is C14H16N2O2.